The quantitative estimate of drug-likeness (QED) is 0.591. The Morgan fingerprint density at radius 2 is 1.32 bits per heavy atom. The van der Waals surface area contributed by atoms with Crippen molar-refractivity contribution < 1.29 is 0 Å². The van der Waals surface area contributed by atoms with Crippen molar-refractivity contribution in [3.05, 3.63) is 24.3 Å². The highest BCUT2D eigenvalue weighted by Crippen LogP contribution is 2.27. The summed E-state index contributed by atoms with van der Waals surface area (Å²) in [5.41, 5.74) is 8.14. The Balaban J connectivity index is 2.88. The Morgan fingerprint density at radius 1 is 0.818 bits per heavy atom. The molecule has 126 valence electrons. The average molecular weight is 305 g/mol. The summed E-state index contributed by atoms with van der Waals surface area (Å²) in [5, 5.41) is 0. The lowest BCUT2D eigenvalue weighted by Crippen LogP contribution is -2.41. The van der Waals surface area contributed by atoms with E-state index < -0.39 is 0 Å². The monoisotopic (exact) mass is 304 g/mol. The van der Waals surface area contributed by atoms with Crippen LogP contribution in [0.15, 0.2) is 24.3 Å². The molecule has 0 aliphatic heterocycles. The van der Waals surface area contributed by atoms with Gasteiger partial charge in [0.2, 0.25) is 0 Å². The van der Waals surface area contributed by atoms with Crippen LogP contribution in [0, 0.1) is 11.8 Å². The number of nitrogens with zero attached hydrogens (tertiary/aromatic N) is 1. The van der Waals surface area contributed by atoms with Crippen LogP contribution in [0.2, 0.25) is 0 Å². The van der Waals surface area contributed by atoms with Crippen molar-refractivity contribution in [1.29, 1.82) is 0 Å². The number of benzene rings is 1. The predicted octanol–water partition coefficient (Wildman–Crippen LogP) is 5.72. The van der Waals surface area contributed by atoms with E-state index in [0.717, 1.165) is 17.5 Å². The van der Waals surface area contributed by atoms with Gasteiger partial charge in [-0.2, -0.15) is 0 Å². The van der Waals surface area contributed by atoms with Crippen molar-refractivity contribution in [1.82, 2.24) is 0 Å². The van der Waals surface area contributed by atoms with Crippen LogP contribution in [0.1, 0.15) is 67.2 Å². The van der Waals surface area contributed by atoms with Crippen molar-refractivity contribution in [2.45, 2.75) is 79.3 Å². The maximum Gasteiger partial charge on any atom is 0.0391 e. The summed E-state index contributed by atoms with van der Waals surface area (Å²) in [6.07, 6.45) is 5.02. The van der Waals surface area contributed by atoms with E-state index in [-0.39, 0.29) is 0 Å². The Labute approximate surface area is 138 Å². The lowest BCUT2D eigenvalue weighted by atomic mass is 9.98. The standard InChI is InChI=1S/C20H36N2/c1-15(2)10-12-17(5)22(18(6)13-11-16(3)4)20-9-7-8-19(21)14-20/h7-9,14-18H,10-13,21H2,1-6H3. The van der Waals surface area contributed by atoms with Gasteiger partial charge in [-0.25, -0.2) is 0 Å². The van der Waals surface area contributed by atoms with Gasteiger partial charge >= 0.3 is 0 Å². The highest BCUT2D eigenvalue weighted by Gasteiger charge is 2.21. The maximum atomic E-state index is 6.01. The van der Waals surface area contributed by atoms with Crippen LogP contribution in [-0.4, -0.2) is 12.1 Å². The van der Waals surface area contributed by atoms with E-state index in [2.05, 4.69) is 64.6 Å². The van der Waals surface area contributed by atoms with Crippen LogP contribution in [0.25, 0.3) is 0 Å². The largest absolute Gasteiger partial charge is 0.399 e. The van der Waals surface area contributed by atoms with E-state index in [1.165, 1.54) is 31.4 Å². The first-order valence-corrected chi connectivity index (χ1v) is 8.95. The van der Waals surface area contributed by atoms with Crippen LogP contribution in [0.4, 0.5) is 11.4 Å². The number of anilines is 2. The molecule has 2 N–H and O–H groups in total. The van der Waals surface area contributed by atoms with Gasteiger partial charge in [-0.1, -0.05) is 33.8 Å². The van der Waals surface area contributed by atoms with E-state index in [0.29, 0.717) is 12.1 Å². The fourth-order valence-electron chi connectivity index (χ4n) is 3.06. The molecule has 0 aliphatic carbocycles. The predicted molar refractivity (Wildman–Crippen MR) is 100 cm³/mol. The van der Waals surface area contributed by atoms with E-state index in [1.807, 2.05) is 6.07 Å². The molecule has 0 bridgehead atoms. The van der Waals surface area contributed by atoms with Crippen LogP contribution in [0.3, 0.4) is 0 Å². The summed E-state index contributed by atoms with van der Waals surface area (Å²) in [5.74, 6) is 1.52. The van der Waals surface area contributed by atoms with Crippen LogP contribution in [-0.2, 0) is 0 Å². The Morgan fingerprint density at radius 3 is 1.73 bits per heavy atom. The van der Waals surface area contributed by atoms with Crippen molar-refractivity contribution in [3.63, 3.8) is 0 Å². The zero-order valence-electron chi connectivity index (χ0n) is 15.5. The molecule has 2 nitrogen and oxygen atoms in total. The molecule has 2 atom stereocenters. The van der Waals surface area contributed by atoms with Crippen molar-refractivity contribution in [3.8, 4) is 0 Å². The van der Waals surface area contributed by atoms with E-state index >= 15 is 0 Å². The number of nitrogens with two attached hydrogens (primary N) is 1. The highest BCUT2D eigenvalue weighted by molar-refractivity contribution is 5.57. The first kappa shape index (κ1) is 18.9. The van der Waals surface area contributed by atoms with Crippen molar-refractivity contribution in [2.24, 2.45) is 11.8 Å². The molecule has 0 amide bonds. The van der Waals surface area contributed by atoms with Crippen molar-refractivity contribution >= 4 is 11.4 Å². The van der Waals surface area contributed by atoms with Gasteiger partial charge in [0.25, 0.3) is 0 Å². The lowest BCUT2D eigenvalue weighted by molar-refractivity contribution is 0.431. The fourth-order valence-corrected chi connectivity index (χ4v) is 3.06. The number of hydrogen-bond donors (Lipinski definition) is 1. The summed E-state index contributed by atoms with van der Waals surface area (Å²) < 4.78 is 0. The zero-order valence-corrected chi connectivity index (χ0v) is 15.5. The molecule has 0 spiro atoms. The normalized spacial score (nSPS) is 14.4. The van der Waals surface area contributed by atoms with Gasteiger partial charge in [-0.3, -0.25) is 0 Å². The van der Waals surface area contributed by atoms with Crippen LogP contribution < -0.4 is 10.6 Å². The molecule has 1 aromatic carbocycles. The fraction of sp³-hybridized carbons (Fsp3) is 0.700. The Kier molecular flexibility index (Phi) is 7.78. The molecule has 0 aromatic heterocycles. The molecular weight excluding hydrogens is 268 g/mol. The zero-order chi connectivity index (χ0) is 16.7. The van der Waals surface area contributed by atoms with Gasteiger partial charge in [0.05, 0.1) is 0 Å². The van der Waals surface area contributed by atoms with Gasteiger partial charge < -0.3 is 10.6 Å². The molecule has 2 heteroatoms. The third kappa shape index (κ3) is 6.29. The van der Waals surface area contributed by atoms with Gasteiger partial charge in [0.1, 0.15) is 0 Å². The highest BCUT2D eigenvalue weighted by atomic mass is 15.2. The molecule has 1 aromatic rings. The van der Waals surface area contributed by atoms with Crippen LogP contribution in [0.5, 0.6) is 0 Å². The van der Waals surface area contributed by atoms with Gasteiger partial charge in [0.15, 0.2) is 0 Å². The van der Waals surface area contributed by atoms with Crippen molar-refractivity contribution in [2.75, 3.05) is 10.6 Å². The van der Waals surface area contributed by atoms with Gasteiger partial charge in [-0.15, -0.1) is 0 Å². The topological polar surface area (TPSA) is 29.3 Å². The number of nitrogen functional groups attached to an aromatic ring is 1. The van der Waals surface area contributed by atoms with Gasteiger partial charge in [-0.05, 0) is 69.6 Å². The Hall–Kier alpha value is -1.18. The van der Waals surface area contributed by atoms with E-state index in [4.69, 9.17) is 5.73 Å². The minimum absolute atomic E-state index is 0.548. The summed E-state index contributed by atoms with van der Waals surface area (Å²) in [4.78, 5) is 2.58. The Bertz CT molecular complexity index is 407. The first-order valence-electron chi connectivity index (χ1n) is 8.95. The molecule has 0 saturated heterocycles. The third-order valence-corrected chi connectivity index (χ3v) is 4.44. The minimum atomic E-state index is 0.548. The second-order valence-corrected chi connectivity index (χ2v) is 7.64. The molecule has 0 radical (unpaired) electrons. The SMILES string of the molecule is CC(C)CCC(C)N(c1cccc(N)c1)C(C)CCC(C)C. The smallest absolute Gasteiger partial charge is 0.0391 e. The average Bonchev–Trinajstić information content (AvgIpc) is 2.43. The lowest BCUT2D eigenvalue weighted by Gasteiger charge is -2.38. The van der Waals surface area contributed by atoms with Gasteiger partial charge in [0, 0.05) is 23.5 Å². The molecule has 0 aliphatic rings. The maximum absolute atomic E-state index is 6.01. The number of rotatable bonds is 9. The first-order chi connectivity index (χ1) is 10.3. The summed E-state index contributed by atoms with van der Waals surface area (Å²) in [6, 6.07) is 9.46. The molecule has 2 unspecified atom stereocenters. The van der Waals surface area contributed by atoms with Crippen LogP contribution >= 0.6 is 0 Å². The number of hydrogen-bond acceptors (Lipinski definition) is 2. The van der Waals surface area contributed by atoms with E-state index in [9.17, 15) is 0 Å². The minimum Gasteiger partial charge on any atom is -0.399 e. The molecule has 0 heterocycles. The molecule has 22 heavy (non-hydrogen) atoms. The molecule has 0 fully saturated rings. The summed E-state index contributed by atoms with van der Waals surface area (Å²) in [7, 11) is 0. The summed E-state index contributed by atoms with van der Waals surface area (Å²) in [6.45, 7) is 13.9. The molecular formula is C20H36N2. The third-order valence-electron chi connectivity index (χ3n) is 4.44. The molecule has 0 saturated carbocycles. The van der Waals surface area contributed by atoms with E-state index in [1.54, 1.807) is 0 Å². The summed E-state index contributed by atoms with van der Waals surface area (Å²) >= 11 is 0. The molecule has 1 rings (SSSR count). The second kappa shape index (κ2) is 9.07. The second-order valence-electron chi connectivity index (χ2n) is 7.64.